The van der Waals surface area contributed by atoms with Gasteiger partial charge in [-0.25, -0.2) is 9.97 Å². The Hall–Kier alpha value is -1.69. The predicted molar refractivity (Wildman–Crippen MR) is 67.8 cm³/mol. The third kappa shape index (κ3) is 1.82. The van der Waals surface area contributed by atoms with E-state index < -0.39 is 0 Å². The number of hydrogen-bond donors (Lipinski definition) is 2. The molecular weight excluding hydrogens is 230 g/mol. The number of rotatable bonds is 2. The van der Waals surface area contributed by atoms with E-state index >= 15 is 0 Å². The summed E-state index contributed by atoms with van der Waals surface area (Å²) in [5.41, 5.74) is 6.06. The van der Waals surface area contributed by atoms with E-state index in [4.69, 9.17) is 15.9 Å². The fourth-order valence-corrected chi connectivity index (χ4v) is 2.92. The van der Waals surface area contributed by atoms with Crippen molar-refractivity contribution in [1.29, 1.82) is 5.41 Å². The fraction of sp³-hybridized carbons (Fsp3) is 0.583. The van der Waals surface area contributed by atoms with E-state index in [0.717, 1.165) is 25.2 Å². The molecule has 1 saturated heterocycles. The Morgan fingerprint density at radius 3 is 3.06 bits per heavy atom. The summed E-state index contributed by atoms with van der Waals surface area (Å²) in [6.45, 7) is 1.50. The maximum Gasteiger partial charge on any atom is 0.158 e. The van der Waals surface area contributed by atoms with Crippen molar-refractivity contribution in [2.75, 3.05) is 18.1 Å². The lowest BCUT2D eigenvalue weighted by Gasteiger charge is -2.38. The normalized spacial score (nSPS) is 27.0. The van der Waals surface area contributed by atoms with Gasteiger partial charge in [0.2, 0.25) is 0 Å². The number of aromatic nitrogens is 2. The summed E-state index contributed by atoms with van der Waals surface area (Å²) >= 11 is 0. The van der Waals surface area contributed by atoms with Crippen molar-refractivity contribution in [2.45, 2.75) is 31.4 Å². The molecule has 2 heterocycles. The van der Waals surface area contributed by atoms with Gasteiger partial charge in [0.15, 0.2) is 5.82 Å². The van der Waals surface area contributed by atoms with Crippen LogP contribution in [0.2, 0.25) is 0 Å². The zero-order valence-electron chi connectivity index (χ0n) is 10.2. The molecule has 1 aliphatic carbocycles. The Kier molecular flexibility index (Phi) is 2.87. The number of ether oxygens (including phenoxy) is 1. The number of fused-ring (bicyclic) bond motifs is 1. The number of morpholine rings is 1. The van der Waals surface area contributed by atoms with Crippen molar-refractivity contribution in [2.24, 2.45) is 5.73 Å². The first kappa shape index (κ1) is 11.4. The van der Waals surface area contributed by atoms with Crippen LogP contribution >= 0.6 is 0 Å². The molecule has 1 aromatic heterocycles. The van der Waals surface area contributed by atoms with Crippen LogP contribution in [0.5, 0.6) is 0 Å². The molecule has 96 valence electrons. The van der Waals surface area contributed by atoms with E-state index in [0.29, 0.717) is 24.4 Å². The highest BCUT2D eigenvalue weighted by molar-refractivity contribution is 5.97. The van der Waals surface area contributed by atoms with Crippen molar-refractivity contribution in [3.8, 4) is 0 Å². The zero-order chi connectivity index (χ0) is 12.5. The summed E-state index contributed by atoms with van der Waals surface area (Å²) in [5, 5.41) is 7.60. The van der Waals surface area contributed by atoms with Gasteiger partial charge in [0, 0.05) is 18.9 Å². The van der Waals surface area contributed by atoms with Crippen LogP contribution in [0.25, 0.3) is 0 Å². The van der Waals surface area contributed by atoms with Gasteiger partial charge in [0.1, 0.15) is 11.5 Å². The average Bonchev–Trinajstić information content (AvgIpc) is 2.86. The van der Waals surface area contributed by atoms with Gasteiger partial charge < -0.3 is 15.4 Å². The first-order chi connectivity index (χ1) is 8.77. The molecule has 2 aliphatic rings. The summed E-state index contributed by atoms with van der Waals surface area (Å²) in [6, 6.07) is 0.355. The van der Waals surface area contributed by atoms with E-state index in [1.165, 1.54) is 6.42 Å². The van der Waals surface area contributed by atoms with Gasteiger partial charge in [0.05, 0.1) is 18.8 Å². The second kappa shape index (κ2) is 4.53. The molecule has 1 aromatic rings. The Morgan fingerprint density at radius 1 is 1.39 bits per heavy atom. The maximum atomic E-state index is 7.60. The molecule has 0 bridgehead atoms. The number of nitrogens with two attached hydrogens (primary N) is 1. The van der Waals surface area contributed by atoms with Gasteiger partial charge in [-0.15, -0.1) is 0 Å². The SMILES string of the molecule is N=C(N)c1nccnc1N1CCOC2CCCC21. The molecule has 0 aromatic carbocycles. The number of nitrogens with zero attached hydrogens (tertiary/aromatic N) is 3. The van der Waals surface area contributed by atoms with Crippen LogP contribution in [-0.4, -0.2) is 41.1 Å². The van der Waals surface area contributed by atoms with E-state index in [-0.39, 0.29) is 5.84 Å². The van der Waals surface area contributed by atoms with Crippen molar-refractivity contribution in [3.63, 3.8) is 0 Å². The Labute approximate surface area is 106 Å². The van der Waals surface area contributed by atoms with Crippen LogP contribution in [0.3, 0.4) is 0 Å². The smallest absolute Gasteiger partial charge is 0.158 e. The summed E-state index contributed by atoms with van der Waals surface area (Å²) in [6.07, 6.45) is 6.92. The van der Waals surface area contributed by atoms with Gasteiger partial charge in [-0.2, -0.15) is 0 Å². The molecule has 3 rings (SSSR count). The Balaban J connectivity index is 1.96. The first-order valence-electron chi connectivity index (χ1n) is 6.31. The molecule has 18 heavy (non-hydrogen) atoms. The van der Waals surface area contributed by atoms with E-state index in [2.05, 4.69) is 14.9 Å². The Morgan fingerprint density at radius 2 is 2.22 bits per heavy atom. The molecule has 0 spiro atoms. The minimum absolute atomic E-state index is 0.0286. The van der Waals surface area contributed by atoms with Crippen molar-refractivity contribution < 1.29 is 4.74 Å². The topological polar surface area (TPSA) is 88.1 Å². The number of nitrogens with one attached hydrogen (secondary N) is 1. The van der Waals surface area contributed by atoms with Crippen LogP contribution in [0.15, 0.2) is 12.4 Å². The number of anilines is 1. The lowest BCUT2D eigenvalue weighted by Crippen LogP contribution is -2.49. The lowest BCUT2D eigenvalue weighted by molar-refractivity contribution is 0.0253. The van der Waals surface area contributed by atoms with Crippen molar-refractivity contribution >= 4 is 11.7 Å². The highest BCUT2D eigenvalue weighted by atomic mass is 16.5. The van der Waals surface area contributed by atoms with Crippen LogP contribution in [0.1, 0.15) is 25.0 Å². The summed E-state index contributed by atoms with van der Waals surface area (Å²) < 4.78 is 5.78. The van der Waals surface area contributed by atoms with Crippen molar-refractivity contribution in [1.82, 2.24) is 9.97 Å². The first-order valence-corrected chi connectivity index (χ1v) is 6.31. The van der Waals surface area contributed by atoms with Gasteiger partial charge in [-0.05, 0) is 19.3 Å². The summed E-state index contributed by atoms with van der Waals surface area (Å²) in [5.74, 6) is 0.698. The third-order valence-electron chi connectivity index (χ3n) is 3.69. The monoisotopic (exact) mass is 247 g/mol. The molecule has 6 nitrogen and oxygen atoms in total. The standard InChI is InChI=1S/C12H17N5O/c13-11(14)10-12(16-5-4-15-10)17-6-7-18-9-3-1-2-8(9)17/h4-5,8-9H,1-3,6-7H2,(H3,13,14). The average molecular weight is 247 g/mol. The van der Waals surface area contributed by atoms with E-state index in [9.17, 15) is 0 Å². The highest BCUT2D eigenvalue weighted by Crippen LogP contribution is 2.32. The number of nitrogen functional groups attached to an aromatic ring is 1. The predicted octanol–water partition coefficient (Wildman–Crippen LogP) is 0.518. The minimum atomic E-state index is -0.0286. The molecule has 2 atom stereocenters. The second-order valence-corrected chi connectivity index (χ2v) is 4.74. The molecule has 3 N–H and O–H groups in total. The quantitative estimate of drug-likeness (QED) is 0.587. The van der Waals surface area contributed by atoms with Gasteiger partial charge >= 0.3 is 0 Å². The highest BCUT2D eigenvalue weighted by Gasteiger charge is 2.37. The summed E-state index contributed by atoms with van der Waals surface area (Å²) in [4.78, 5) is 10.8. The zero-order valence-corrected chi connectivity index (χ0v) is 10.2. The lowest BCUT2D eigenvalue weighted by atomic mass is 10.1. The van der Waals surface area contributed by atoms with Crippen molar-refractivity contribution in [3.05, 3.63) is 18.1 Å². The molecule has 2 unspecified atom stereocenters. The minimum Gasteiger partial charge on any atom is -0.382 e. The van der Waals surface area contributed by atoms with Crippen LogP contribution in [0, 0.1) is 5.41 Å². The molecule has 6 heteroatoms. The molecule has 0 radical (unpaired) electrons. The fourth-order valence-electron chi connectivity index (χ4n) is 2.92. The van der Waals surface area contributed by atoms with E-state index in [1.807, 2.05) is 0 Å². The molecular formula is C12H17N5O. The maximum absolute atomic E-state index is 7.60. The summed E-state index contributed by atoms with van der Waals surface area (Å²) in [7, 11) is 0. The molecule has 2 fully saturated rings. The largest absolute Gasteiger partial charge is 0.382 e. The van der Waals surface area contributed by atoms with Gasteiger partial charge in [-0.1, -0.05) is 0 Å². The second-order valence-electron chi connectivity index (χ2n) is 4.74. The molecule has 1 aliphatic heterocycles. The van der Waals surface area contributed by atoms with Crippen LogP contribution in [0.4, 0.5) is 5.82 Å². The van der Waals surface area contributed by atoms with Gasteiger partial charge in [0.25, 0.3) is 0 Å². The number of hydrogen-bond acceptors (Lipinski definition) is 5. The van der Waals surface area contributed by atoms with Crippen LogP contribution < -0.4 is 10.6 Å². The Bertz CT molecular complexity index is 464. The molecule has 1 saturated carbocycles. The number of amidine groups is 1. The van der Waals surface area contributed by atoms with E-state index in [1.54, 1.807) is 12.4 Å². The third-order valence-corrected chi connectivity index (χ3v) is 3.69. The van der Waals surface area contributed by atoms with Crippen LogP contribution in [-0.2, 0) is 4.74 Å². The van der Waals surface area contributed by atoms with Gasteiger partial charge in [-0.3, -0.25) is 5.41 Å². The molecule has 0 amide bonds.